The Bertz CT molecular complexity index is 810. The van der Waals surface area contributed by atoms with E-state index in [1.165, 1.54) is 0 Å². The number of aromatic nitrogens is 1. The van der Waals surface area contributed by atoms with Crippen LogP contribution in [-0.4, -0.2) is 45.6 Å². The molecule has 1 aromatic heterocycles. The first-order valence-electron chi connectivity index (χ1n) is 7.63. The Morgan fingerprint density at radius 3 is 2.50 bits per heavy atom. The minimum atomic E-state index is -4.68. The smallest absolute Gasteiger partial charge is 0.394 e. The standard InChI is InChI=1S/C16H14F3N3O3S/c17-16(18,19)11-8-22(7-10(11)14(23)24)15(25)20-13-6-12(21-26-13)9-4-2-1-3-5-9/h1-6,10-11H,7-8H2,(H,20,25)(H,23,24)/t10-,11-/m1/s1. The van der Waals surface area contributed by atoms with Crippen LogP contribution in [0.15, 0.2) is 36.4 Å². The van der Waals surface area contributed by atoms with Crippen LogP contribution in [-0.2, 0) is 4.79 Å². The zero-order chi connectivity index (χ0) is 18.9. The third-order valence-corrected chi connectivity index (χ3v) is 4.86. The number of aliphatic carboxylic acids is 1. The molecule has 2 N–H and O–H groups in total. The molecule has 0 radical (unpaired) electrons. The van der Waals surface area contributed by atoms with Crippen molar-refractivity contribution in [2.45, 2.75) is 6.18 Å². The number of likely N-dealkylation sites (tertiary alicyclic amines) is 1. The highest BCUT2D eigenvalue weighted by molar-refractivity contribution is 7.10. The van der Waals surface area contributed by atoms with Crippen molar-refractivity contribution in [3.8, 4) is 11.3 Å². The summed E-state index contributed by atoms with van der Waals surface area (Å²) in [6.07, 6.45) is -4.68. The van der Waals surface area contributed by atoms with Crippen LogP contribution < -0.4 is 5.32 Å². The molecule has 26 heavy (non-hydrogen) atoms. The van der Waals surface area contributed by atoms with Gasteiger partial charge < -0.3 is 10.0 Å². The quantitative estimate of drug-likeness (QED) is 0.847. The van der Waals surface area contributed by atoms with Crippen LogP contribution in [0.3, 0.4) is 0 Å². The van der Waals surface area contributed by atoms with Gasteiger partial charge in [-0.25, -0.2) is 4.79 Å². The number of carbonyl (C=O) groups excluding carboxylic acids is 1. The molecule has 1 aromatic carbocycles. The highest BCUT2D eigenvalue weighted by atomic mass is 32.1. The van der Waals surface area contributed by atoms with Gasteiger partial charge >= 0.3 is 18.2 Å². The van der Waals surface area contributed by atoms with Gasteiger partial charge in [0.05, 0.1) is 17.5 Å². The van der Waals surface area contributed by atoms with Gasteiger partial charge in [-0.05, 0) is 11.5 Å². The number of anilines is 1. The minimum Gasteiger partial charge on any atom is -0.481 e. The van der Waals surface area contributed by atoms with Crippen LogP contribution in [0, 0.1) is 11.8 Å². The summed E-state index contributed by atoms with van der Waals surface area (Å²) >= 11 is 0.998. The molecule has 1 saturated heterocycles. The maximum atomic E-state index is 13.0. The van der Waals surface area contributed by atoms with Crippen molar-refractivity contribution in [3.63, 3.8) is 0 Å². The van der Waals surface area contributed by atoms with E-state index in [1.807, 2.05) is 30.3 Å². The Morgan fingerprint density at radius 1 is 1.23 bits per heavy atom. The second kappa shape index (κ2) is 6.94. The number of rotatable bonds is 3. The zero-order valence-electron chi connectivity index (χ0n) is 13.2. The predicted molar refractivity (Wildman–Crippen MR) is 88.8 cm³/mol. The van der Waals surface area contributed by atoms with Gasteiger partial charge in [-0.3, -0.25) is 10.1 Å². The molecule has 2 aromatic rings. The van der Waals surface area contributed by atoms with Crippen LogP contribution in [0.4, 0.5) is 23.0 Å². The maximum Gasteiger partial charge on any atom is 0.394 e. The molecule has 3 rings (SSSR count). The lowest BCUT2D eigenvalue weighted by molar-refractivity contribution is -0.187. The first-order valence-corrected chi connectivity index (χ1v) is 8.40. The zero-order valence-corrected chi connectivity index (χ0v) is 14.0. The number of nitrogens with one attached hydrogen (secondary N) is 1. The Hall–Kier alpha value is -2.62. The first-order chi connectivity index (χ1) is 12.3. The molecule has 6 nitrogen and oxygen atoms in total. The summed E-state index contributed by atoms with van der Waals surface area (Å²) in [5, 5.41) is 11.9. The third kappa shape index (κ3) is 3.79. The molecule has 1 aliphatic rings. The third-order valence-electron chi connectivity index (χ3n) is 4.15. The van der Waals surface area contributed by atoms with Gasteiger partial charge in [0.2, 0.25) is 0 Å². The minimum absolute atomic E-state index is 0.371. The molecule has 0 spiro atoms. The van der Waals surface area contributed by atoms with Crippen molar-refractivity contribution in [3.05, 3.63) is 36.4 Å². The highest BCUT2D eigenvalue weighted by Gasteiger charge is 2.53. The van der Waals surface area contributed by atoms with Crippen LogP contribution >= 0.6 is 11.5 Å². The average Bonchev–Trinajstić information content (AvgIpc) is 3.22. The number of hydrogen-bond acceptors (Lipinski definition) is 4. The number of benzene rings is 1. The van der Waals surface area contributed by atoms with Crippen LogP contribution in [0.25, 0.3) is 11.3 Å². The van der Waals surface area contributed by atoms with Crippen LogP contribution in [0.5, 0.6) is 0 Å². The first kappa shape index (κ1) is 18.2. The molecule has 138 valence electrons. The molecular formula is C16H14F3N3O3S. The van der Waals surface area contributed by atoms with Crippen molar-refractivity contribution >= 4 is 28.5 Å². The molecule has 2 amide bonds. The van der Waals surface area contributed by atoms with Gasteiger partial charge in [-0.1, -0.05) is 30.3 Å². The Balaban J connectivity index is 1.69. The number of hydrogen-bond donors (Lipinski definition) is 2. The number of nitrogens with zero attached hydrogens (tertiary/aromatic N) is 2. The summed E-state index contributed by atoms with van der Waals surface area (Å²) in [5.74, 6) is -5.30. The average molecular weight is 385 g/mol. The lowest BCUT2D eigenvalue weighted by atomic mass is 9.96. The number of halogens is 3. The summed E-state index contributed by atoms with van der Waals surface area (Å²) in [7, 11) is 0. The van der Waals surface area contributed by atoms with Crippen molar-refractivity contribution in [1.29, 1.82) is 0 Å². The van der Waals surface area contributed by atoms with E-state index < -0.39 is 43.1 Å². The second-order valence-electron chi connectivity index (χ2n) is 5.87. The van der Waals surface area contributed by atoms with E-state index in [-0.39, 0.29) is 0 Å². The van der Waals surface area contributed by atoms with E-state index in [1.54, 1.807) is 6.07 Å². The SMILES string of the molecule is O=C(O)[C@@H]1CN(C(=O)Nc2cc(-c3ccccc3)ns2)C[C@H]1C(F)(F)F. The largest absolute Gasteiger partial charge is 0.481 e. The van der Waals surface area contributed by atoms with Gasteiger partial charge in [0.1, 0.15) is 5.00 Å². The molecule has 2 heterocycles. The Kier molecular flexibility index (Phi) is 4.86. The molecular weight excluding hydrogens is 371 g/mol. The van der Waals surface area contributed by atoms with E-state index in [2.05, 4.69) is 9.69 Å². The molecule has 1 aliphatic heterocycles. The van der Waals surface area contributed by atoms with Gasteiger partial charge in [-0.2, -0.15) is 17.5 Å². The van der Waals surface area contributed by atoms with Gasteiger partial charge in [-0.15, -0.1) is 0 Å². The number of alkyl halides is 3. The Morgan fingerprint density at radius 2 is 1.92 bits per heavy atom. The van der Waals surface area contributed by atoms with Crippen molar-refractivity contribution in [2.24, 2.45) is 11.8 Å². The predicted octanol–water partition coefficient (Wildman–Crippen LogP) is 3.54. The van der Waals surface area contributed by atoms with Crippen molar-refractivity contribution in [1.82, 2.24) is 9.27 Å². The molecule has 0 unspecified atom stereocenters. The van der Waals surface area contributed by atoms with Crippen molar-refractivity contribution in [2.75, 3.05) is 18.4 Å². The molecule has 0 aliphatic carbocycles. The van der Waals surface area contributed by atoms with Gasteiger partial charge in [0, 0.05) is 24.7 Å². The fourth-order valence-electron chi connectivity index (χ4n) is 2.82. The van der Waals surface area contributed by atoms with E-state index >= 15 is 0 Å². The lowest BCUT2D eigenvalue weighted by Crippen LogP contribution is -2.35. The number of amides is 2. The molecule has 10 heteroatoms. The van der Waals surface area contributed by atoms with Crippen LogP contribution in [0.1, 0.15) is 0 Å². The summed E-state index contributed by atoms with van der Waals surface area (Å²) in [4.78, 5) is 24.2. The number of carboxylic acid groups (broad SMARTS) is 1. The normalized spacial score (nSPS) is 20.2. The lowest BCUT2D eigenvalue weighted by Gasteiger charge is -2.18. The maximum absolute atomic E-state index is 13.0. The molecule has 0 bridgehead atoms. The summed E-state index contributed by atoms with van der Waals surface area (Å²) in [6, 6.07) is 10.0. The van der Waals surface area contributed by atoms with E-state index in [9.17, 15) is 22.8 Å². The molecule has 0 saturated carbocycles. The summed E-state index contributed by atoms with van der Waals surface area (Å²) < 4.78 is 43.2. The van der Waals surface area contributed by atoms with Gasteiger partial charge in [0.15, 0.2) is 0 Å². The topological polar surface area (TPSA) is 82.5 Å². The Labute approximate surface area is 150 Å². The number of carbonyl (C=O) groups is 2. The summed E-state index contributed by atoms with van der Waals surface area (Å²) in [6.45, 7) is -1.17. The van der Waals surface area contributed by atoms with E-state index in [0.717, 1.165) is 22.0 Å². The molecule has 1 fully saturated rings. The van der Waals surface area contributed by atoms with E-state index in [0.29, 0.717) is 10.7 Å². The molecule has 2 atom stereocenters. The monoisotopic (exact) mass is 385 g/mol. The summed E-state index contributed by atoms with van der Waals surface area (Å²) in [5.41, 5.74) is 1.47. The van der Waals surface area contributed by atoms with Crippen LogP contribution in [0.2, 0.25) is 0 Å². The fraction of sp³-hybridized carbons (Fsp3) is 0.312. The second-order valence-corrected chi connectivity index (χ2v) is 6.68. The number of urea groups is 1. The number of carboxylic acids is 1. The van der Waals surface area contributed by atoms with E-state index in [4.69, 9.17) is 5.11 Å². The fourth-order valence-corrected chi connectivity index (χ4v) is 3.47. The highest BCUT2D eigenvalue weighted by Crippen LogP contribution is 2.38. The van der Waals surface area contributed by atoms with Gasteiger partial charge in [0.25, 0.3) is 0 Å². The van der Waals surface area contributed by atoms with Crippen molar-refractivity contribution < 1.29 is 27.9 Å².